The summed E-state index contributed by atoms with van der Waals surface area (Å²) in [4.78, 5) is 1.24. The van der Waals surface area contributed by atoms with Crippen LogP contribution in [0.15, 0.2) is 11.4 Å². The van der Waals surface area contributed by atoms with Gasteiger partial charge in [-0.25, -0.2) is 0 Å². The smallest absolute Gasteiger partial charge is 0.0549 e. The van der Waals surface area contributed by atoms with E-state index in [0.29, 0.717) is 0 Å². The molecule has 0 saturated carbocycles. The largest absolute Gasteiger partial charge is 0.393 e. The summed E-state index contributed by atoms with van der Waals surface area (Å²) in [6.45, 7) is 3.68. The van der Waals surface area contributed by atoms with E-state index in [1.54, 1.807) is 11.3 Å². The van der Waals surface area contributed by atoms with Crippen LogP contribution in [0.1, 0.15) is 24.6 Å². The van der Waals surface area contributed by atoms with E-state index in [4.69, 9.17) is 11.6 Å². The first-order valence-corrected chi connectivity index (χ1v) is 6.09. The number of rotatable bonds is 6. The van der Waals surface area contributed by atoms with Gasteiger partial charge in [-0.1, -0.05) is 18.5 Å². The van der Waals surface area contributed by atoms with Crippen molar-refractivity contribution < 1.29 is 5.11 Å². The number of hydrogen-bond acceptors (Lipinski definition) is 3. The summed E-state index contributed by atoms with van der Waals surface area (Å²) in [5.41, 5.74) is 0. The van der Waals surface area contributed by atoms with Crippen molar-refractivity contribution in [3.05, 3.63) is 21.3 Å². The number of halogens is 1. The molecule has 0 amide bonds. The van der Waals surface area contributed by atoms with E-state index >= 15 is 0 Å². The molecule has 1 rings (SSSR count). The molecule has 0 fully saturated rings. The Balaban J connectivity index is 2.10. The summed E-state index contributed by atoms with van der Waals surface area (Å²) < 4.78 is 0. The fourth-order valence-corrected chi connectivity index (χ4v) is 2.17. The lowest BCUT2D eigenvalue weighted by Gasteiger charge is -2.07. The van der Waals surface area contributed by atoms with Gasteiger partial charge in [0.1, 0.15) is 0 Å². The summed E-state index contributed by atoms with van der Waals surface area (Å²) in [7, 11) is 0. The Morgan fingerprint density at radius 3 is 3.00 bits per heavy atom. The summed E-state index contributed by atoms with van der Waals surface area (Å²) in [6.07, 6.45) is 1.47. The van der Waals surface area contributed by atoms with Crippen LogP contribution in [0.2, 0.25) is 5.02 Å². The van der Waals surface area contributed by atoms with Gasteiger partial charge >= 0.3 is 0 Å². The maximum atomic E-state index is 9.30. The average molecular weight is 234 g/mol. The van der Waals surface area contributed by atoms with Gasteiger partial charge in [-0.2, -0.15) is 0 Å². The molecule has 80 valence electrons. The molecule has 1 aromatic rings. The van der Waals surface area contributed by atoms with Gasteiger partial charge in [0.2, 0.25) is 0 Å². The molecule has 2 nitrogen and oxygen atoms in total. The summed E-state index contributed by atoms with van der Waals surface area (Å²) >= 11 is 7.45. The van der Waals surface area contributed by atoms with Crippen LogP contribution in [-0.2, 0) is 6.54 Å². The highest BCUT2D eigenvalue weighted by molar-refractivity contribution is 7.10. The van der Waals surface area contributed by atoms with Crippen LogP contribution in [-0.4, -0.2) is 17.8 Å². The molecule has 1 atom stereocenters. The van der Waals surface area contributed by atoms with Crippen LogP contribution in [0.5, 0.6) is 0 Å². The Morgan fingerprint density at radius 2 is 2.43 bits per heavy atom. The van der Waals surface area contributed by atoms with E-state index in [-0.39, 0.29) is 6.10 Å². The molecule has 0 bridgehead atoms. The topological polar surface area (TPSA) is 32.3 Å². The minimum Gasteiger partial charge on any atom is -0.393 e. The first-order valence-electron chi connectivity index (χ1n) is 4.84. The molecule has 2 N–H and O–H groups in total. The highest BCUT2D eigenvalue weighted by Crippen LogP contribution is 2.18. The third-order valence-electron chi connectivity index (χ3n) is 2.05. The molecule has 0 saturated heterocycles. The van der Waals surface area contributed by atoms with Crippen molar-refractivity contribution in [1.29, 1.82) is 0 Å². The van der Waals surface area contributed by atoms with Crippen molar-refractivity contribution in [3.8, 4) is 0 Å². The third-order valence-corrected chi connectivity index (χ3v) is 3.33. The molecule has 1 unspecified atom stereocenters. The minimum atomic E-state index is -0.172. The Kier molecular flexibility index (Phi) is 5.48. The van der Waals surface area contributed by atoms with Crippen molar-refractivity contribution in [1.82, 2.24) is 5.32 Å². The monoisotopic (exact) mass is 233 g/mol. The van der Waals surface area contributed by atoms with Crippen LogP contribution in [0.4, 0.5) is 0 Å². The van der Waals surface area contributed by atoms with E-state index in [0.717, 1.165) is 31.0 Å². The van der Waals surface area contributed by atoms with Crippen LogP contribution in [0.3, 0.4) is 0 Å². The molecule has 0 aliphatic heterocycles. The van der Waals surface area contributed by atoms with Crippen LogP contribution >= 0.6 is 22.9 Å². The molecular weight excluding hydrogens is 218 g/mol. The summed E-state index contributed by atoms with van der Waals surface area (Å²) in [5, 5.41) is 15.3. The third kappa shape index (κ3) is 4.42. The minimum absolute atomic E-state index is 0.172. The lowest BCUT2D eigenvalue weighted by atomic mass is 10.2. The number of aliphatic hydroxyl groups is 1. The van der Waals surface area contributed by atoms with Crippen molar-refractivity contribution in [3.63, 3.8) is 0 Å². The first kappa shape index (κ1) is 12.0. The Labute approximate surface area is 93.9 Å². The van der Waals surface area contributed by atoms with Crippen LogP contribution in [0.25, 0.3) is 0 Å². The summed E-state index contributed by atoms with van der Waals surface area (Å²) in [6, 6.07) is 1.97. The van der Waals surface area contributed by atoms with E-state index in [2.05, 4.69) is 5.32 Å². The number of nitrogens with one attached hydrogen (secondary N) is 1. The molecular formula is C10H16ClNOS. The number of aliphatic hydroxyl groups excluding tert-OH is 1. The molecule has 0 aliphatic carbocycles. The first-order chi connectivity index (χ1) is 6.72. The lowest BCUT2D eigenvalue weighted by molar-refractivity contribution is 0.160. The molecule has 1 aromatic heterocycles. The second-order valence-corrected chi connectivity index (χ2v) is 4.69. The van der Waals surface area contributed by atoms with Gasteiger partial charge in [0.05, 0.1) is 11.1 Å². The van der Waals surface area contributed by atoms with Crippen molar-refractivity contribution in [2.75, 3.05) is 6.54 Å². The van der Waals surface area contributed by atoms with Gasteiger partial charge in [0.15, 0.2) is 0 Å². The standard InChI is InChI=1S/C10H16ClNOS/c1-2-9(13)3-4-12-6-10-5-8(11)7-14-10/h5,7,9,12-13H,2-4,6H2,1H3. The second kappa shape index (κ2) is 6.40. The Morgan fingerprint density at radius 1 is 1.64 bits per heavy atom. The Hall–Kier alpha value is -0.0900. The zero-order valence-corrected chi connectivity index (χ0v) is 9.87. The normalized spacial score (nSPS) is 13.1. The highest BCUT2D eigenvalue weighted by atomic mass is 35.5. The molecule has 0 radical (unpaired) electrons. The van der Waals surface area contributed by atoms with E-state index < -0.39 is 0 Å². The molecule has 4 heteroatoms. The predicted molar refractivity (Wildman–Crippen MR) is 62.0 cm³/mol. The molecule has 0 aromatic carbocycles. The van der Waals surface area contributed by atoms with Gasteiger partial charge in [-0.05, 0) is 25.5 Å². The molecule has 14 heavy (non-hydrogen) atoms. The lowest BCUT2D eigenvalue weighted by Crippen LogP contribution is -2.19. The summed E-state index contributed by atoms with van der Waals surface area (Å²) in [5.74, 6) is 0. The Bertz CT molecular complexity index is 264. The van der Waals surface area contributed by atoms with Gasteiger partial charge in [-0.3, -0.25) is 0 Å². The highest BCUT2D eigenvalue weighted by Gasteiger charge is 2.00. The van der Waals surface area contributed by atoms with Gasteiger partial charge in [0, 0.05) is 16.8 Å². The average Bonchev–Trinajstić information content (AvgIpc) is 2.58. The maximum absolute atomic E-state index is 9.30. The predicted octanol–water partition coefficient (Wildman–Crippen LogP) is 2.65. The van der Waals surface area contributed by atoms with Gasteiger partial charge < -0.3 is 10.4 Å². The van der Waals surface area contributed by atoms with E-state index in [1.165, 1.54) is 4.88 Å². The SMILES string of the molecule is CCC(O)CCNCc1cc(Cl)cs1. The molecule has 0 aliphatic rings. The van der Waals surface area contributed by atoms with Crippen LogP contribution < -0.4 is 5.32 Å². The number of hydrogen-bond donors (Lipinski definition) is 2. The van der Waals surface area contributed by atoms with Crippen molar-refractivity contribution >= 4 is 22.9 Å². The van der Waals surface area contributed by atoms with Crippen molar-refractivity contribution in [2.45, 2.75) is 32.4 Å². The maximum Gasteiger partial charge on any atom is 0.0549 e. The van der Waals surface area contributed by atoms with Crippen LogP contribution in [0, 0.1) is 0 Å². The van der Waals surface area contributed by atoms with E-state index in [9.17, 15) is 5.11 Å². The fourth-order valence-electron chi connectivity index (χ4n) is 1.13. The zero-order chi connectivity index (χ0) is 10.4. The van der Waals surface area contributed by atoms with E-state index in [1.807, 2.05) is 18.4 Å². The second-order valence-electron chi connectivity index (χ2n) is 3.26. The number of thiophene rings is 1. The van der Waals surface area contributed by atoms with Gasteiger partial charge in [0.25, 0.3) is 0 Å². The zero-order valence-electron chi connectivity index (χ0n) is 8.29. The van der Waals surface area contributed by atoms with Gasteiger partial charge in [-0.15, -0.1) is 11.3 Å². The fraction of sp³-hybridized carbons (Fsp3) is 0.600. The van der Waals surface area contributed by atoms with Crippen molar-refractivity contribution in [2.24, 2.45) is 0 Å². The molecule has 1 heterocycles. The quantitative estimate of drug-likeness (QED) is 0.741. The molecule has 0 spiro atoms.